The van der Waals surface area contributed by atoms with Crippen molar-refractivity contribution in [3.63, 3.8) is 0 Å². The lowest BCUT2D eigenvalue weighted by Crippen LogP contribution is -2.33. The van der Waals surface area contributed by atoms with Crippen molar-refractivity contribution < 1.29 is 8.83 Å². The van der Waals surface area contributed by atoms with E-state index in [1.807, 2.05) is 30.3 Å². The van der Waals surface area contributed by atoms with Crippen LogP contribution < -0.4 is 5.32 Å². The molecule has 0 radical (unpaired) electrons. The fourth-order valence-electron chi connectivity index (χ4n) is 8.75. The third-order valence-corrected chi connectivity index (χ3v) is 11.3. The Balaban J connectivity index is 1.16. The monoisotopic (exact) mass is 717 g/mol. The summed E-state index contributed by atoms with van der Waals surface area (Å²) in [6.07, 6.45) is -0.418. The highest BCUT2D eigenvalue weighted by Gasteiger charge is 2.26. The van der Waals surface area contributed by atoms with Crippen LogP contribution in [0, 0.1) is 0 Å². The summed E-state index contributed by atoms with van der Waals surface area (Å²) in [5, 5.41) is 14.8. The smallest absolute Gasteiger partial charge is 0.160 e. The number of rotatable bonds is 4. The first-order chi connectivity index (χ1) is 27.7. The Morgan fingerprint density at radius 1 is 0.429 bits per heavy atom. The van der Waals surface area contributed by atoms with Gasteiger partial charge in [-0.05, 0) is 74.5 Å². The molecule has 0 fully saturated rings. The van der Waals surface area contributed by atoms with Crippen LogP contribution in [0.25, 0.3) is 87.3 Å². The zero-order valence-electron chi connectivity index (χ0n) is 30.0. The maximum absolute atomic E-state index is 6.69. The minimum atomic E-state index is -0.418. The number of furan rings is 2. The van der Waals surface area contributed by atoms with E-state index in [2.05, 4.69) is 151 Å². The maximum atomic E-state index is 6.69. The lowest BCUT2D eigenvalue weighted by Gasteiger charge is -2.25. The molecule has 56 heavy (non-hydrogen) atoms. The van der Waals surface area contributed by atoms with Crippen LogP contribution in [0.3, 0.4) is 0 Å². The first-order valence-corrected chi connectivity index (χ1v) is 18.9. The summed E-state index contributed by atoms with van der Waals surface area (Å²) >= 11 is 0. The molecule has 1 N–H and O–H groups in total. The predicted molar refractivity (Wildman–Crippen MR) is 231 cm³/mol. The first kappa shape index (κ1) is 30.9. The van der Waals surface area contributed by atoms with Gasteiger partial charge in [0.15, 0.2) is 5.84 Å². The summed E-state index contributed by atoms with van der Waals surface area (Å²) in [5.74, 6) is 1.41. The van der Waals surface area contributed by atoms with E-state index in [4.69, 9.17) is 18.8 Å². The summed E-state index contributed by atoms with van der Waals surface area (Å²) in [6, 6.07) is 61.5. The largest absolute Gasteiger partial charge is 0.456 e. The van der Waals surface area contributed by atoms with Crippen molar-refractivity contribution in [3.05, 3.63) is 193 Å². The summed E-state index contributed by atoms with van der Waals surface area (Å²) in [4.78, 5) is 10.9. The number of para-hydroxylation sites is 2. The minimum Gasteiger partial charge on any atom is -0.456 e. The number of nitrogens with one attached hydrogen (secondary N) is 1. The molecule has 1 aliphatic heterocycles. The quantitative estimate of drug-likeness (QED) is 0.184. The summed E-state index contributed by atoms with van der Waals surface area (Å²) < 4.78 is 13.2. The molecule has 0 bridgehead atoms. The van der Waals surface area contributed by atoms with Gasteiger partial charge in [0.1, 0.15) is 34.3 Å². The van der Waals surface area contributed by atoms with Gasteiger partial charge < -0.3 is 14.2 Å². The standard InChI is InChI=1S/C51H31N3O2/c1-2-14-30(15-3-1)49-52-50(42-26-31-16-4-5-17-33(31)34-18-6-7-19-35(34)42)54-51(53-49)43-27-32(28-46-47(43)39-23-11-13-25-45(39)55-46)40-29-41-37-21-10-12-24-44(37)56-48(41)38-22-9-8-20-36(38)40/h1-29,50H,(H,52,53,54). The van der Waals surface area contributed by atoms with E-state index >= 15 is 0 Å². The van der Waals surface area contributed by atoms with Crippen molar-refractivity contribution in [2.75, 3.05) is 0 Å². The zero-order chi connectivity index (χ0) is 36.7. The minimum absolute atomic E-state index is 0.418. The molecule has 9 aromatic carbocycles. The van der Waals surface area contributed by atoms with Gasteiger partial charge in [0.2, 0.25) is 0 Å². The van der Waals surface area contributed by atoms with Gasteiger partial charge in [0, 0.05) is 43.6 Å². The second-order valence-corrected chi connectivity index (χ2v) is 14.5. The van der Waals surface area contributed by atoms with Crippen LogP contribution >= 0.6 is 0 Å². The average molecular weight is 718 g/mol. The number of aliphatic imine (C=N–C) groups is 2. The van der Waals surface area contributed by atoms with E-state index in [1.165, 1.54) is 16.2 Å². The van der Waals surface area contributed by atoms with Crippen LogP contribution in [0.1, 0.15) is 22.9 Å². The number of hydrogen-bond acceptors (Lipinski definition) is 5. The molecule has 12 rings (SSSR count). The zero-order valence-corrected chi connectivity index (χ0v) is 30.0. The summed E-state index contributed by atoms with van der Waals surface area (Å²) in [6.45, 7) is 0. The molecule has 0 aliphatic carbocycles. The predicted octanol–water partition coefficient (Wildman–Crippen LogP) is 13.1. The van der Waals surface area contributed by atoms with E-state index in [9.17, 15) is 0 Å². The van der Waals surface area contributed by atoms with Gasteiger partial charge in [-0.25, -0.2) is 9.98 Å². The van der Waals surface area contributed by atoms with E-state index in [0.717, 1.165) is 93.7 Å². The SMILES string of the molecule is c1ccc(C2=NC(c3cc(-c4cc5c6ccccc6oc5c5ccccc45)cc4oc5ccccc5c34)=NC(c3cc4ccccc4c4ccccc34)N2)cc1. The van der Waals surface area contributed by atoms with Crippen molar-refractivity contribution in [2.45, 2.75) is 6.17 Å². The van der Waals surface area contributed by atoms with E-state index in [-0.39, 0.29) is 0 Å². The van der Waals surface area contributed by atoms with Crippen LogP contribution in [0.2, 0.25) is 0 Å². The van der Waals surface area contributed by atoms with Gasteiger partial charge in [-0.3, -0.25) is 0 Å². The maximum Gasteiger partial charge on any atom is 0.160 e. The van der Waals surface area contributed by atoms with Gasteiger partial charge in [0.25, 0.3) is 0 Å². The molecule has 0 saturated heterocycles. The van der Waals surface area contributed by atoms with Crippen LogP contribution in [0.15, 0.2) is 195 Å². The highest BCUT2D eigenvalue weighted by Crippen LogP contribution is 2.43. The first-order valence-electron chi connectivity index (χ1n) is 18.9. The third kappa shape index (κ3) is 4.67. The number of nitrogens with zero attached hydrogens (tertiary/aromatic N) is 2. The molecule has 2 aromatic heterocycles. The Labute approximate surface area is 320 Å². The lowest BCUT2D eigenvalue weighted by molar-refractivity contribution is 0.668. The number of fused-ring (bicyclic) bond motifs is 11. The number of benzene rings is 9. The van der Waals surface area contributed by atoms with Crippen LogP contribution in [-0.4, -0.2) is 11.7 Å². The summed E-state index contributed by atoms with van der Waals surface area (Å²) in [5.41, 5.74) is 8.45. The molecule has 1 unspecified atom stereocenters. The summed E-state index contributed by atoms with van der Waals surface area (Å²) in [7, 11) is 0. The second-order valence-electron chi connectivity index (χ2n) is 14.5. The van der Waals surface area contributed by atoms with Gasteiger partial charge in [-0.2, -0.15) is 0 Å². The Morgan fingerprint density at radius 3 is 1.89 bits per heavy atom. The number of hydrogen-bond donors (Lipinski definition) is 1. The fraction of sp³-hybridized carbons (Fsp3) is 0.0196. The van der Waals surface area contributed by atoms with Gasteiger partial charge in [-0.1, -0.05) is 140 Å². The van der Waals surface area contributed by atoms with Crippen molar-refractivity contribution in [1.82, 2.24) is 5.32 Å². The lowest BCUT2D eigenvalue weighted by atomic mass is 9.92. The van der Waals surface area contributed by atoms with Gasteiger partial charge in [-0.15, -0.1) is 0 Å². The highest BCUT2D eigenvalue weighted by molar-refractivity contribution is 6.24. The molecule has 1 atom stereocenters. The molecule has 0 saturated carbocycles. The Kier molecular flexibility index (Phi) is 6.63. The van der Waals surface area contributed by atoms with Crippen LogP contribution in [0.4, 0.5) is 0 Å². The number of amidine groups is 2. The van der Waals surface area contributed by atoms with Gasteiger partial charge >= 0.3 is 0 Å². The fourth-order valence-corrected chi connectivity index (χ4v) is 8.75. The highest BCUT2D eigenvalue weighted by atomic mass is 16.3. The molecule has 11 aromatic rings. The topological polar surface area (TPSA) is 63.0 Å². The molecular weight excluding hydrogens is 687 g/mol. The third-order valence-electron chi connectivity index (χ3n) is 11.3. The molecule has 5 heteroatoms. The van der Waals surface area contributed by atoms with Gasteiger partial charge in [0.05, 0.1) is 0 Å². The molecule has 5 nitrogen and oxygen atoms in total. The van der Waals surface area contributed by atoms with E-state index < -0.39 is 6.17 Å². The molecule has 262 valence electrons. The van der Waals surface area contributed by atoms with Crippen molar-refractivity contribution >= 4 is 87.9 Å². The molecule has 1 aliphatic rings. The van der Waals surface area contributed by atoms with Crippen LogP contribution in [0.5, 0.6) is 0 Å². The van der Waals surface area contributed by atoms with Crippen LogP contribution in [-0.2, 0) is 0 Å². The van der Waals surface area contributed by atoms with Crippen molar-refractivity contribution in [3.8, 4) is 11.1 Å². The van der Waals surface area contributed by atoms with Crippen molar-refractivity contribution in [1.29, 1.82) is 0 Å². The normalized spacial score (nSPS) is 14.6. The Hall–Kier alpha value is -7.50. The Bertz CT molecular complexity index is 3460. The van der Waals surface area contributed by atoms with E-state index in [0.29, 0.717) is 5.84 Å². The molecule has 3 heterocycles. The molecule has 0 spiro atoms. The van der Waals surface area contributed by atoms with E-state index in [1.54, 1.807) is 0 Å². The second kappa shape index (κ2) is 12.0. The Morgan fingerprint density at radius 2 is 1.07 bits per heavy atom. The average Bonchev–Trinajstić information content (AvgIpc) is 3.84. The van der Waals surface area contributed by atoms with Crippen molar-refractivity contribution in [2.24, 2.45) is 9.98 Å². The molecular formula is C51H31N3O2. The molecule has 0 amide bonds.